The van der Waals surface area contributed by atoms with Gasteiger partial charge in [-0.3, -0.25) is 0 Å². The SMILES string of the molecule is CCNC(=O)NNC(=O)Nc1ccccc1OC. The van der Waals surface area contributed by atoms with Crippen LogP contribution in [0.5, 0.6) is 5.75 Å². The maximum atomic E-state index is 11.5. The molecular formula is C11H16N4O3. The summed E-state index contributed by atoms with van der Waals surface area (Å²) in [7, 11) is 1.51. The number of benzene rings is 1. The molecule has 18 heavy (non-hydrogen) atoms. The van der Waals surface area contributed by atoms with E-state index < -0.39 is 12.1 Å². The molecule has 98 valence electrons. The number of amides is 4. The lowest BCUT2D eigenvalue weighted by Gasteiger charge is -2.11. The van der Waals surface area contributed by atoms with E-state index in [0.29, 0.717) is 18.0 Å². The summed E-state index contributed by atoms with van der Waals surface area (Å²) in [5, 5.41) is 5.01. The number of nitrogens with one attached hydrogen (secondary N) is 4. The van der Waals surface area contributed by atoms with Gasteiger partial charge in [-0.05, 0) is 19.1 Å². The van der Waals surface area contributed by atoms with Crippen molar-refractivity contribution in [3.63, 3.8) is 0 Å². The molecule has 7 heteroatoms. The van der Waals surface area contributed by atoms with Crippen molar-refractivity contribution in [3.8, 4) is 5.75 Å². The zero-order valence-corrected chi connectivity index (χ0v) is 10.2. The van der Waals surface area contributed by atoms with Crippen LogP contribution in [-0.2, 0) is 0 Å². The van der Waals surface area contributed by atoms with Gasteiger partial charge in [-0.25, -0.2) is 20.4 Å². The maximum absolute atomic E-state index is 11.5. The second-order valence-electron chi connectivity index (χ2n) is 3.26. The molecule has 0 atom stereocenters. The Labute approximate surface area is 105 Å². The van der Waals surface area contributed by atoms with E-state index >= 15 is 0 Å². The smallest absolute Gasteiger partial charge is 0.338 e. The van der Waals surface area contributed by atoms with E-state index in [-0.39, 0.29) is 0 Å². The third-order valence-electron chi connectivity index (χ3n) is 1.98. The second kappa shape index (κ2) is 7.00. The molecule has 0 aliphatic rings. The van der Waals surface area contributed by atoms with Crippen LogP contribution >= 0.6 is 0 Å². The van der Waals surface area contributed by atoms with E-state index in [1.807, 2.05) is 0 Å². The molecule has 0 aromatic heterocycles. The molecule has 0 heterocycles. The average molecular weight is 252 g/mol. The van der Waals surface area contributed by atoms with Gasteiger partial charge in [0.2, 0.25) is 0 Å². The largest absolute Gasteiger partial charge is 0.495 e. The topological polar surface area (TPSA) is 91.5 Å². The zero-order valence-electron chi connectivity index (χ0n) is 10.2. The van der Waals surface area contributed by atoms with Crippen molar-refractivity contribution < 1.29 is 14.3 Å². The van der Waals surface area contributed by atoms with Gasteiger partial charge in [-0.15, -0.1) is 0 Å². The Balaban J connectivity index is 2.47. The highest BCUT2D eigenvalue weighted by atomic mass is 16.5. The molecule has 0 saturated carbocycles. The third kappa shape index (κ3) is 4.20. The Morgan fingerprint density at radius 3 is 2.50 bits per heavy atom. The van der Waals surface area contributed by atoms with E-state index in [0.717, 1.165) is 0 Å². The van der Waals surface area contributed by atoms with Crippen LogP contribution in [-0.4, -0.2) is 25.7 Å². The van der Waals surface area contributed by atoms with Gasteiger partial charge in [0.15, 0.2) is 0 Å². The number of rotatable bonds is 3. The third-order valence-corrected chi connectivity index (χ3v) is 1.98. The molecule has 0 radical (unpaired) electrons. The first-order valence-corrected chi connectivity index (χ1v) is 5.41. The first kappa shape index (κ1) is 13.6. The molecule has 1 aromatic rings. The fourth-order valence-corrected chi connectivity index (χ4v) is 1.22. The van der Waals surface area contributed by atoms with Crippen molar-refractivity contribution in [2.24, 2.45) is 0 Å². The Hall–Kier alpha value is -2.44. The standard InChI is InChI=1S/C11H16N4O3/c1-3-12-10(16)14-15-11(17)13-8-6-4-5-7-9(8)18-2/h4-7H,3H2,1-2H3,(H2,12,14,16)(H2,13,15,17). The Bertz CT molecular complexity index is 423. The number of anilines is 1. The van der Waals surface area contributed by atoms with E-state index in [1.165, 1.54) is 7.11 Å². The van der Waals surface area contributed by atoms with Crippen LogP contribution in [0, 0.1) is 0 Å². The number of urea groups is 2. The first-order valence-electron chi connectivity index (χ1n) is 5.41. The van der Waals surface area contributed by atoms with Gasteiger partial charge in [0.05, 0.1) is 12.8 Å². The number of hydrazine groups is 1. The minimum atomic E-state index is -0.564. The van der Waals surface area contributed by atoms with Gasteiger partial charge in [0.1, 0.15) is 5.75 Å². The number of hydrogen-bond donors (Lipinski definition) is 4. The minimum Gasteiger partial charge on any atom is -0.495 e. The minimum absolute atomic E-state index is 0.474. The van der Waals surface area contributed by atoms with Crippen LogP contribution in [0.3, 0.4) is 0 Å². The number of carbonyl (C=O) groups is 2. The summed E-state index contributed by atoms with van der Waals surface area (Å²) in [4.78, 5) is 22.5. The highest BCUT2D eigenvalue weighted by molar-refractivity contribution is 5.92. The van der Waals surface area contributed by atoms with Gasteiger partial charge in [-0.1, -0.05) is 12.1 Å². The molecule has 0 saturated heterocycles. The lowest BCUT2D eigenvalue weighted by atomic mass is 10.3. The van der Waals surface area contributed by atoms with E-state index in [9.17, 15) is 9.59 Å². The summed E-state index contributed by atoms with van der Waals surface area (Å²) < 4.78 is 5.07. The summed E-state index contributed by atoms with van der Waals surface area (Å²) >= 11 is 0. The zero-order chi connectivity index (χ0) is 13.4. The van der Waals surface area contributed by atoms with Crippen LogP contribution < -0.4 is 26.2 Å². The van der Waals surface area contributed by atoms with Crippen LogP contribution in [0.4, 0.5) is 15.3 Å². The van der Waals surface area contributed by atoms with Crippen molar-refractivity contribution in [2.45, 2.75) is 6.92 Å². The molecular weight excluding hydrogens is 236 g/mol. The number of para-hydroxylation sites is 2. The molecule has 0 fully saturated rings. The van der Waals surface area contributed by atoms with Crippen molar-refractivity contribution in [3.05, 3.63) is 24.3 Å². The molecule has 0 aliphatic carbocycles. The molecule has 4 amide bonds. The Kier molecular flexibility index (Phi) is 5.30. The van der Waals surface area contributed by atoms with Crippen LogP contribution in [0.15, 0.2) is 24.3 Å². The van der Waals surface area contributed by atoms with Gasteiger partial charge in [-0.2, -0.15) is 0 Å². The first-order chi connectivity index (χ1) is 8.67. The molecule has 4 N–H and O–H groups in total. The van der Waals surface area contributed by atoms with Gasteiger partial charge in [0, 0.05) is 6.54 Å². The predicted molar refractivity (Wildman–Crippen MR) is 67.4 cm³/mol. The Morgan fingerprint density at radius 1 is 1.17 bits per heavy atom. The summed E-state index contributed by atoms with van der Waals surface area (Å²) in [6, 6.07) is 5.90. The van der Waals surface area contributed by atoms with Crippen molar-refractivity contribution >= 4 is 17.7 Å². The average Bonchev–Trinajstić information content (AvgIpc) is 2.37. The second-order valence-corrected chi connectivity index (χ2v) is 3.26. The molecule has 7 nitrogen and oxygen atoms in total. The molecule has 0 aliphatic heterocycles. The predicted octanol–water partition coefficient (Wildman–Crippen LogP) is 1.05. The normalized spacial score (nSPS) is 9.22. The highest BCUT2D eigenvalue weighted by Crippen LogP contribution is 2.22. The molecule has 1 aromatic carbocycles. The van der Waals surface area contributed by atoms with E-state index in [2.05, 4.69) is 21.5 Å². The fourth-order valence-electron chi connectivity index (χ4n) is 1.22. The monoisotopic (exact) mass is 252 g/mol. The van der Waals surface area contributed by atoms with Crippen molar-refractivity contribution in [1.82, 2.24) is 16.2 Å². The van der Waals surface area contributed by atoms with Gasteiger partial charge < -0.3 is 15.4 Å². The molecule has 0 unspecified atom stereocenters. The number of carbonyl (C=O) groups excluding carboxylic acids is 2. The van der Waals surface area contributed by atoms with Gasteiger partial charge in [0.25, 0.3) is 0 Å². The lowest BCUT2D eigenvalue weighted by molar-refractivity contribution is 0.230. The summed E-state index contributed by atoms with van der Waals surface area (Å²) in [5.74, 6) is 0.533. The van der Waals surface area contributed by atoms with Crippen molar-refractivity contribution in [2.75, 3.05) is 19.0 Å². The molecule has 0 spiro atoms. The molecule has 0 bridgehead atoms. The number of hydrogen-bond acceptors (Lipinski definition) is 3. The van der Waals surface area contributed by atoms with Crippen LogP contribution in [0.2, 0.25) is 0 Å². The van der Waals surface area contributed by atoms with Crippen LogP contribution in [0.25, 0.3) is 0 Å². The summed E-state index contributed by atoms with van der Waals surface area (Å²) in [6.45, 7) is 2.25. The lowest BCUT2D eigenvalue weighted by Crippen LogP contribution is -2.48. The quantitative estimate of drug-likeness (QED) is 0.606. The molecule has 1 rings (SSSR count). The van der Waals surface area contributed by atoms with Crippen LogP contribution in [0.1, 0.15) is 6.92 Å². The summed E-state index contributed by atoms with van der Waals surface area (Å²) in [6.07, 6.45) is 0. The van der Waals surface area contributed by atoms with Gasteiger partial charge >= 0.3 is 12.1 Å². The van der Waals surface area contributed by atoms with E-state index in [1.54, 1.807) is 31.2 Å². The maximum Gasteiger partial charge on any atom is 0.338 e. The number of methoxy groups -OCH3 is 1. The summed E-state index contributed by atoms with van der Waals surface area (Å²) in [5.41, 5.74) is 4.90. The number of ether oxygens (including phenoxy) is 1. The van der Waals surface area contributed by atoms with Crippen molar-refractivity contribution in [1.29, 1.82) is 0 Å². The fraction of sp³-hybridized carbons (Fsp3) is 0.273. The Morgan fingerprint density at radius 2 is 1.83 bits per heavy atom. The highest BCUT2D eigenvalue weighted by Gasteiger charge is 2.06. The van der Waals surface area contributed by atoms with E-state index in [4.69, 9.17) is 4.74 Å².